The summed E-state index contributed by atoms with van der Waals surface area (Å²) in [7, 11) is 0. The second-order valence-electron chi connectivity index (χ2n) is 3.93. The molecule has 0 aromatic carbocycles. The molecular weight excluding hydrogens is 196 g/mol. The molecule has 0 aromatic heterocycles. The Morgan fingerprint density at radius 2 is 1.69 bits per heavy atom. The fourth-order valence-corrected chi connectivity index (χ4v) is 2.04. The van der Waals surface area contributed by atoms with Crippen molar-refractivity contribution in [3.63, 3.8) is 0 Å². The van der Waals surface area contributed by atoms with Gasteiger partial charge in [0.1, 0.15) is 19.6 Å². The molecule has 0 aliphatic carbocycles. The second-order valence-corrected chi connectivity index (χ2v) is 3.93. The molecule has 16 heavy (non-hydrogen) atoms. The van der Waals surface area contributed by atoms with Gasteiger partial charge in [-0.15, -0.1) is 0 Å². The molecule has 86 valence electrons. The van der Waals surface area contributed by atoms with Gasteiger partial charge in [0.15, 0.2) is 0 Å². The predicted octanol–water partition coefficient (Wildman–Crippen LogP) is 2.71. The molecule has 0 bridgehead atoms. The van der Waals surface area contributed by atoms with Gasteiger partial charge in [0, 0.05) is 6.20 Å². The average Bonchev–Trinajstić information content (AvgIpc) is 2.31. The van der Waals surface area contributed by atoms with Gasteiger partial charge in [0.05, 0.1) is 0 Å². The number of rotatable bonds is 7. The summed E-state index contributed by atoms with van der Waals surface area (Å²) in [6.45, 7) is 14.2. The van der Waals surface area contributed by atoms with E-state index in [-0.39, 0.29) is 0 Å². The maximum Gasteiger partial charge on any atom is 0.202 e. The maximum absolute atomic E-state index is 3.85. The first-order chi connectivity index (χ1) is 7.79. The van der Waals surface area contributed by atoms with Crippen molar-refractivity contribution in [2.24, 2.45) is 0 Å². The summed E-state index contributed by atoms with van der Waals surface area (Å²) < 4.78 is 0.792. The Hall–Kier alpha value is -1.54. The predicted molar refractivity (Wildman–Crippen MR) is 70.4 cm³/mol. The van der Waals surface area contributed by atoms with Crippen LogP contribution in [0.4, 0.5) is 0 Å². The summed E-state index contributed by atoms with van der Waals surface area (Å²) in [5, 5.41) is 3.32. The first-order valence-electron chi connectivity index (χ1n) is 5.60. The number of nitrogens with zero attached hydrogens (tertiary/aromatic N) is 1. The van der Waals surface area contributed by atoms with Crippen LogP contribution in [0.25, 0.3) is 0 Å². The quantitative estimate of drug-likeness (QED) is 0.511. The number of quaternary nitrogens is 1. The molecular formula is C14H21N2+. The molecule has 2 heteroatoms. The van der Waals surface area contributed by atoms with Crippen molar-refractivity contribution < 1.29 is 4.48 Å². The molecule has 0 fully saturated rings. The minimum absolute atomic E-state index is 0.792. The number of hydrogen-bond acceptors (Lipinski definition) is 1. The van der Waals surface area contributed by atoms with E-state index in [0.29, 0.717) is 0 Å². The third kappa shape index (κ3) is 2.74. The zero-order valence-electron chi connectivity index (χ0n) is 9.86. The van der Waals surface area contributed by atoms with Crippen LogP contribution in [-0.2, 0) is 0 Å². The minimum atomic E-state index is 0.792. The van der Waals surface area contributed by atoms with Gasteiger partial charge in [-0.25, -0.2) is 0 Å². The number of allylic oxidation sites excluding steroid dienone is 2. The van der Waals surface area contributed by atoms with Gasteiger partial charge in [0.2, 0.25) is 5.82 Å². The monoisotopic (exact) mass is 217 g/mol. The highest BCUT2D eigenvalue weighted by Gasteiger charge is 2.29. The van der Waals surface area contributed by atoms with E-state index in [0.717, 1.165) is 30.5 Å². The lowest BCUT2D eigenvalue weighted by molar-refractivity contribution is -0.877. The molecule has 1 aliphatic heterocycles. The fourth-order valence-electron chi connectivity index (χ4n) is 2.04. The molecule has 1 rings (SSSR count). The highest BCUT2D eigenvalue weighted by atomic mass is 15.4. The van der Waals surface area contributed by atoms with Crippen molar-refractivity contribution in [3.05, 3.63) is 62.1 Å². The molecule has 0 radical (unpaired) electrons. The topological polar surface area (TPSA) is 12.0 Å². The van der Waals surface area contributed by atoms with E-state index in [1.54, 1.807) is 0 Å². The van der Waals surface area contributed by atoms with Crippen LogP contribution in [0.1, 0.15) is 6.42 Å². The molecule has 0 spiro atoms. The lowest BCUT2D eigenvalue weighted by Gasteiger charge is -2.37. The average molecular weight is 217 g/mol. The number of dihydropyridines is 1. The summed E-state index contributed by atoms with van der Waals surface area (Å²) in [5.41, 5.74) is 0. The third-order valence-corrected chi connectivity index (χ3v) is 2.74. The van der Waals surface area contributed by atoms with Crippen LogP contribution in [-0.4, -0.2) is 24.1 Å². The molecule has 0 saturated carbocycles. The van der Waals surface area contributed by atoms with Gasteiger partial charge >= 0.3 is 0 Å². The van der Waals surface area contributed by atoms with Crippen LogP contribution in [0.15, 0.2) is 62.1 Å². The van der Waals surface area contributed by atoms with E-state index in [9.17, 15) is 0 Å². The highest BCUT2D eigenvalue weighted by molar-refractivity contribution is 5.07. The molecule has 1 N–H and O–H groups in total. The smallest absolute Gasteiger partial charge is 0.202 e. The van der Waals surface area contributed by atoms with E-state index >= 15 is 0 Å². The Labute approximate surface area is 98.5 Å². The van der Waals surface area contributed by atoms with Crippen LogP contribution >= 0.6 is 0 Å². The minimum Gasteiger partial charge on any atom is -0.318 e. The van der Waals surface area contributed by atoms with Crippen LogP contribution in [0, 0.1) is 0 Å². The van der Waals surface area contributed by atoms with Crippen molar-refractivity contribution in [1.82, 2.24) is 5.32 Å². The highest BCUT2D eigenvalue weighted by Crippen LogP contribution is 2.19. The molecule has 1 aliphatic rings. The molecule has 0 atom stereocenters. The van der Waals surface area contributed by atoms with Crippen LogP contribution < -0.4 is 5.32 Å². The van der Waals surface area contributed by atoms with Gasteiger partial charge < -0.3 is 5.32 Å². The standard InChI is InChI=1S/C14H21N2/c1-4-11-16(12-5-2,13-6-3)14-9-7-8-10-15-14/h4-6,8-10,15H,1-3,7,11-13H2/q+1. The Morgan fingerprint density at radius 1 is 1.12 bits per heavy atom. The number of hydrogen-bond donors (Lipinski definition) is 1. The zero-order valence-corrected chi connectivity index (χ0v) is 9.86. The molecule has 1 heterocycles. The second kappa shape index (κ2) is 6.13. The van der Waals surface area contributed by atoms with Gasteiger partial charge in [-0.05, 0) is 30.7 Å². The van der Waals surface area contributed by atoms with Crippen molar-refractivity contribution in [3.8, 4) is 0 Å². The molecule has 0 amide bonds. The summed E-state index contributed by atoms with van der Waals surface area (Å²) in [6, 6.07) is 0. The van der Waals surface area contributed by atoms with Crippen LogP contribution in [0.5, 0.6) is 0 Å². The summed E-state index contributed by atoms with van der Waals surface area (Å²) >= 11 is 0. The van der Waals surface area contributed by atoms with Crippen LogP contribution in [0.2, 0.25) is 0 Å². The largest absolute Gasteiger partial charge is 0.318 e. The van der Waals surface area contributed by atoms with E-state index in [1.165, 1.54) is 5.82 Å². The van der Waals surface area contributed by atoms with Gasteiger partial charge in [-0.1, -0.05) is 25.8 Å². The summed E-state index contributed by atoms with van der Waals surface area (Å²) in [6.07, 6.45) is 13.2. The Bertz CT molecular complexity index is 297. The van der Waals surface area contributed by atoms with Crippen molar-refractivity contribution >= 4 is 0 Å². The molecule has 0 aromatic rings. The Balaban J connectivity index is 2.97. The van der Waals surface area contributed by atoms with Crippen molar-refractivity contribution in [2.45, 2.75) is 6.42 Å². The molecule has 2 nitrogen and oxygen atoms in total. The van der Waals surface area contributed by atoms with Crippen LogP contribution in [0.3, 0.4) is 0 Å². The molecule has 0 saturated heterocycles. The third-order valence-electron chi connectivity index (χ3n) is 2.74. The first kappa shape index (κ1) is 12.5. The first-order valence-corrected chi connectivity index (χ1v) is 5.60. The zero-order chi connectivity index (χ0) is 11.9. The summed E-state index contributed by atoms with van der Waals surface area (Å²) in [4.78, 5) is 0. The normalized spacial score (nSPS) is 14.9. The van der Waals surface area contributed by atoms with Crippen molar-refractivity contribution in [2.75, 3.05) is 19.6 Å². The van der Waals surface area contributed by atoms with Gasteiger partial charge in [0.25, 0.3) is 0 Å². The van der Waals surface area contributed by atoms with Crippen molar-refractivity contribution in [1.29, 1.82) is 0 Å². The van der Waals surface area contributed by atoms with E-state index in [2.05, 4.69) is 37.2 Å². The van der Waals surface area contributed by atoms with E-state index in [4.69, 9.17) is 0 Å². The fraction of sp³-hybridized carbons (Fsp3) is 0.286. The van der Waals surface area contributed by atoms with E-state index < -0.39 is 0 Å². The summed E-state index contributed by atoms with van der Waals surface area (Å²) in [5.74, 6) is 1.21. The lowest BCUT2D eigenvalue weighted by Crippen LogP contribution is -2.51. The van der Waals surface area contributed by atoms with Gasteiger partial charge in [-0.2, -0.15) is 0 Å². The molecule has 0 unspecified atom stereocenters. The van der Waals surface area contributed by atoms with E-state index in [1.807, 2.05) is 24.4 Å². The SMILES string of the molecule is C=CC[N+](CC=C)(CC=C)C1=CCC=CN1. The Kier molecular flexibility index (Phi) is 4.80. The maximum atomic E-state index is 3.85. The Morgan fingerprint density at radius 3 is 2.06 bits per heavy atom. The number of nitrogens with one attached hydrogen (secondary N) is 1. The van der Waals surface area contributed by atoms with Gasteiger partial charge in [-0.3, -0.25) is 4.48 Å². The lowest BCUT2D eigenvalue weighted by atomic mass is 10.2.